The van der Waals surface area contributed by atoms with Crippen LogP contribution >= 0.6 is 10.9 Å². The number of nitrogens with zero attached hydrogens (tertiary/aromatic N) is 8. The smallest absolute Gasteiger partial charge is 0.332 e. The van der Waals surface area contributed by atoms with Gasteiger partial charge in [-0.3, -0.25) is 30.3 Å². The van der Waals surface area contributed by atoms with E-state index < -0.39 is 60.4 Å². The number of urea groups is 2. The van der Waals surface area contributed by atoms with E-state index in [4.69, 9.17) is 0 Å². The van der Waals surface area contributed by atoms with Crippen LogP contribution < -0.4 is 10.2 Å². The van der Waals surface area contributed by atoms with Crippen molar-refractivity contribution in [1.29, 1.82) is 0 Å². The fourth-order valence-electron chi connectivity index (χ4n) is 4.06. The minimum atomic E-state index is -1.65. The van der Waals surface area contributed by atoms with Gasteiger partial charge in [-0.1, -0.05) is 65.2 Å². The van der Waals surface area contributed by atoms with Crippen molar-refractivity contribution >= 4 is 50.8 Å². The first kappa shape index (κ1) is 26.8. The number of nitro groups is 3. The number of carbonyl (C=O) groups excluding carboxylic acids is 2. The van der Waals surface area contributed by atoms with Gasteiger partial charge in [0.1, 0.15) is 0 Å². The molecular weight excluding hydrogens is 562 g/mol. The lowest BCUT2D eigenvalue weighted by Crippen LogP contribution is -2.48. The molecule has 0 bridgehead atoms. The normalized spacial score (nSPS) is 15.7. The summed E-state index contributed by atoms with van der Waals surface area (Å²) >= 11 is 0. The Bertz CT molecular complexity index is 1630. The van der Waals surface area contributed by atoms with E-state index in [1.54, 1.807) is 60.7 Å². The number of carbonyl (C=O) groups is 2. The highest BCUT2D eigenvalue weighted by Gasteiger charge is 2.51. The van der Waals surface area contributed by atoms with Gasteiger partial charge in [-0.05, 0) is 16.4 Å². The summed E-state index contributed by atoms with van der Waals surface area (Å²) in [4.78, 5) is 59.9. The molecule has 2 heterocycles. The van der Waals surface area contributed by atoms with E-state index in [0.717, 1.165) is 9.87 Å². The summed E-state index contributed by atoms with van der Waals surface area (Å²) in [6.45, 7) is -0.0396. The van der Waals surface area contributed by atoms with Crippen LogP contribution in [0.3, 0.4) is 0 Å². The van der Waals surface area contributed by atoms with Crippen LogP contribution in [0.2, 0.25) is 0 Å². The first-order valence-corrected chi connectivity index (χ1v) is 12.7. The van der Waals surface area contributed by atoms with E-state index in [1.807, 2.05) is 0 Å². The van der Waals surface area contributed by atoms with Gasteiger partial charge in [-0.2, -0.15) is 0 Å². The third-order valence-electron chi connectivity index (χ3n) is 5.88. The van der Waals surface area contributed by atoms with Crippen LogP contribution in [0.5, 0.6) is 0 Å². The van der Waals surface area contributed by atoms with Crippen molar-refractivity contribution in [2.24, 2.45) is 9.74 Å². The summed E-state index contributed by atoms with van der Waals surface area (Å²) < 4.78 is 5.20. The van der Waals surface area contributed by atoms with Crippen LogP contribution in [0.4, 0.5) is 32.3 Å². The summed E-state index contributed by atoms with van der Waals surface area (Å²) in [5, 5.41) is 42.3. The number of amides is 4. The molecule has 0 radical (unpaired) electrons. The number of nitro benzene ring substituents is 3. The number of hydrogen-bond donors (Lipinski definition) is 1. The number of anilines is 1. The van der Waals surface area contributed by atoms with E-state index >= 15 is 0 Å². The van der Waals surface area contributed by atoms with Gasteiger partial charge in [0.05, 0.1) is 44.3 Å². The van der Waals surface area contributed by atoms with E-state index in [0.29, 0.717) is 27.6 Å². The Labute approximate surface area is 231 Å². The first-order chi connectivity index (χ1) is 19.7. The molecule has 18 heteroatoms. The van der Waals surface area contributed by atoms with Crippen molar-refractivity contribution in [2.45, 2.75) is 13.1 Å². The van der Waals surface area contributed by atoms with Crippen molar-refractivity contribution in [1.82, 2.24) is 14.6 Å². The maximum atomic E-state index is 13.8. The minimum Gasteiger partial charge on any atom is -0.332 e. The SMILES string of the molecule is O=C(NCc1ccccc1)N1N=NS2=C1N(c1c([N+](=O)[O-])cc([N+](=O)[O-])cc1[N+](=O)[O-])C(=O)N2Cc1ccccc1. The monoisotopic (exact) mass is 579 g/mol. The third-order valence-corrected chi connectivity index (χ3v) is 7.50. The quantitative estimate of drug-likeness (QED) is 0.225. The molecule has 1 N–H and O–H groups in total. The number of rotatable bonds is 8. The predicted molar refractivity (Wildman–Crippen MR) is 144 cm³/mol. The van der Waals surface area contributed by atoms with Gasteiger partial charge in [0.15, 0.2) is 0 Å². The van der Waals surface area contributed by atoms with Crippen molar-refractivity contribution in [2.75, 3.05) is 4.90 Å². The Morgan fingerprint density at radius 3 is 1.95 bits per heavy atom. The molecule has 0 aliphatic carbocycles. The van der Waals surface area contributed by atoms with Crippen molar-refractivity contribution in [3.63, 3.8) is 0 Å². The van der Waals surface area contributed by atoms with Gasteiger partial charge in [0.2, 0.25) is 10.8 Å². The van der Waals surface area contributed by atoms with E-state index in [9.17, 15) is 39.9 Å². The molecule has 208 valence electrons. The van der Waals surface area contributed by atoms with Gasteiger partial charge in [-0.25, -0.2) is 18.8 Å². The van der Waals surface area contributed by atoms with Crippen LogP contribution in [-0.4, -0.2) is 41.3 Å². The molecule has 2 aliphatic heterocycles. The van der Waals surface area contributed by atoms with Crippen LogP contribution in [0.25, 0.3) is 0 Å². The number of nitrogens with one attached hydrogen (secondary N) is 1. The molecule has 3 aromatic rings. The molecule has 0 saturated heterocycles. The summed E-state index contributed by atoms with van der Waals surface area (Å²) in [5.74, 6) is 0. The van der Waals surface area contributed by atoms with Crippen molar-refractivity contribution in [3.05, 3.63) is 114 Å². The molecule has 2 aliphatic rings. The van der Waals surface area contributed by atoms with Crippen molar-refractivity contribution < 1.29 is 24.4 Å². The zero-order valence-corrected chi connectivity index (χ0v) is 21.4. The molecule has 4 amide bonds. The maximum Gasteiger partial charge on any atom is 0.346 e. The highest BCUT2D eigenvalue weighted by atomic mass is 32.2. The average molecular weight is 580 g/mol. The van der Waals surface area contributed by atoms with Crippen LogP contribution in [0, 0.1) is 30.3 Å². The number of hydrogen-bond acceptors (Lipinski definition) is 10. The van der Waals surface area contributed by atoms with Crippen molar-refractivity contribution in [3.8, 4) is 0 Å². The van der Waals surface area contributed by atoms with E-state index in [-0.39, 0.29) is 18.2 Å². The maximum absolute atomic E-state index is 13.8. The second-order valence-electron chi connectivity index (χ2n) is 8.42. The molecule has 41 heavy (non-hydrogen) atoms. The molecule has 1 unspecified atom stereocenters. The molecule has 1 atom stereocenters. The Morgan fingerprint density at radius 1 is 0.854 bits per heavy atom. The Kier molecular flexibility index (Phi) is 7.04. The highest BCUT2D eigenvalue weighted by molar-refractivity contribution is 8.13. The van der Waals surface area contributed by atoms with E-state index in [2.05, 4.69) is 15.1 Å². The zero-order valence-electron chi connectivity index (χ0n) is 20.6. The molecule has 3 aromatic carbocycles. The lowest BCUT2D eigenvalue weighted by molar-refractivity contribution is -0.402. The molecule has 0 fully saturated rings. The van der Waals surface area contributed by atoms with Gasteiger partial charge < -0.3 is 5.32 Å². The topological polar surface area (TPSA) is 210 Å². The molecule has 0 aromatic heterocycles. The minimum absolute atomic E-state index is 0.0479. The second kappa shape index (κ2) is 10.8. The van der Waals surface area contributed by atoms with Crippen LogP contribution in [-0.2, 0) is 13.1 Å². The lowest BCUT2D eigenvalue weighted by Gasteiger charge is -2.23. The first-order valence-electron chi connectivity index (χ1n) is 11.6. The molecule has 5 rings (SSSR count). The Morgan fingerprint density at radius 2 is 1.41 bits per heavy atom. The van der Waals surface area contributed by atoms with Gasteiger partial charge in [0, 0.05) is 6.54 Å². The number of benzene rings is 3. The average Bonchev–Trinajstić information content (AvgIpc) is 3.50. The Hall–Kier alpha value is -5.78. The standard InChI is InChI=1S/C23H17N9O8S/c33-21(24-13-15-7-3-1-4-8-15)29-23-28(20-18(31(37)38)11-17(30(35)36)12-19(20)32(39)40)22(34)27(41(23)26-25-29)14-16-9-5-2-6-10-16/h1-12H,13-14H2,(H,24,33). The molecular formula is C23H17N9O8S. The summed E-state index contributed by atoms with van der Waals surface area (Å²) in [7, 11) is -1.65. The fourth-order valence-corrected chi connectivity index (χ4v) is 5.67. The number of non-ortho nitro benzene ring substituents is 1. The predicted octanol–water partition coefficient (Wildman–Crippen LogP) is 4.63. The van der Waals surface area contributed by atoms with Gasteiger partial charge >= 0.3 is 23.4 Å². The molecule has 0 saturated carbocycles. The summed E-state index contributed by atoms with van der Waals surface area (Å²) in [6.07, 6.45) is 0. The summed E-state index contributed by atoms with van der Waals surface area (Å²) in [5.41, 5.74) is -2.62. The molecule has 0 spiro atoms. The van der Waals surface area contributed by atoms with Crippen LogP contribution in [0.1, 0.15) is 11.1 Å². The molecule has 17 nitrogen and oxygen atoms in total. The van der Waals surface area contributed by atoms with Gasteiger partial charge in [0.25, 0.3) is 5.69 Å². The lowest BCUT2D eigenvalue weighted by atomic mass is 10.2. The second-order valence-corrected chi connectivity index (χ2v) is 9.92. The van der Waals surface area contributed by atoms with Crippen LogP contribution in [0.15, 0.2) is 82.5 Å². The highest BCUT2D eigenvalue weighted by Crippen LogP contribution is 2.48. The Balaban J connectivity index is 1.63. The van der Waals surface area contributed by atoms with Gasteiger partial charge in [-0.15, -0.1) is 5.01 Å². The third kappa shape index (κ3) is 5.01. The van der Waals surface area contributed by atoms with E-state index in [1.165, 1.54) is 0 Å². The largest absolute Gasteiger partial charge is 0.346 e. The summed E-state index contributed by atoms with van der Waals surface area (Å²) in [6, 6.07) is 16.6. The fraction of sp³-hybridized carbons (Fsp3) is 0.0870. The zero-order chi connectivity index (χ0) is 29.3.